The smallest absolute Gasteiger partial charge is 0.306 e. The van der Waals surface area contributed by atoms with E-state index in [1.165, 1.54) is 6.92 Å². The summed E-state index contributed by atoms with van der Waals surface area (Å²) in [6.07, 6.45) is 12.2. The number of rotatable bonds is 14. The van der Waals surface area contributed by atoms with Gasteiger partial charge in [-0.1, -0.05) is 50.5 Å². The molecule has 35 heavy (non-hydrogen) atoms. The Labute approximate surface area is 209 Å². The van der Waals surface area contributed by atoms with Crippen LogP contribution in [0.15, 0.2) is 24.3 Å². The molecule has 8 nitrogen and oxygen atoms in total. The number of esters is 2. The third-order valence-corrected chi connectivity index (χ3v) is 6.72. The first-order valence-electron chi connectivity index (χ1n) is 13.2. The van der Waals surface area contributed by atoms with E-state index in [4.69, 9.17) is 14.2 Å². The Balaban J connectivity index is 1.80. The van der Waals surface area contributed by atoms with Gasteiger partial charge < -0.3 is 29.5 Å². The third-order valence-electron chi connectivity index (χ3n) is 6.72. The van der Waals surface area contributed by atoms with Crippen molar-refractivity contribution in [3.8, 4) is 0 Å². The van der Waals surface area contributed by atoms with E-state index in [0.29, 0.717) is 45.1 Å². The molecule has 7 atom stereocenters. The molecule has 1 aliphatic heterocycles. The fraction of sp³-hybridized carbons (Fsp3) is 0.778. The van der Waals surface area contributed by atoms with Crippen LogP contribution in [-0.4, -0.2) is 64.6 Å². The van der Waals surface area contributed by atoms with Crippen molar-refractivity contribution >= 4 is 11.9 Å². The second-order valence-electron chi connectivity index (χ2n) is 9.67. The molecular weight excluding hydrogens is 452 g/mol. The van der Waals surface area contributed by atoms with Crippen LogP contribution in [0.25, 0.3) is 0 Å². The highest BCUT2D eigenvalue weighted by atomic mass is 16.6. The minimum atomic E-state index is -1.04. The molecule has 1 unspecified atom stereocenters. The molecule has 2 fully saturated rings. The predicted octanol–water partition coefficient (Wildman–Crippen LogP) is 3.57. The molecule has 1 aliphatic carbocycles. The first-order chi connectivity index (χ1) is 16.8. The standard InChI is InChI=1S/C27H44O8/c1-3-4-7-11-20(29)15-16-22-21(23(30)18-25(22)34-19(2)28)12-8-5-6-9-14-26(31)35-24-13-10-17-33-27(24)32/h5,8,15-16,20-25,27,29-30,32H,3-4,6-7,9-14,17-18H2,1-2H3/b8-5-,16-15+/t20-,21+,22+,23-,24+,25+,27?/m0/s1. The van der Waals surface area contributed by atoms with Gasteiger partial charge in [0.25, 0.3) is 0 Å². The van der Waals surface area contributed by atoms with E-state index in [-0.39, 0.29) is 30.2 Å². The van der Waals surface area contributed by atoms with Crippen LogP contribution in [0.5, 0.6) is 0 Å². The molecule has 0 bridgehead atoms. The van der Waals surface area contributed by atoms with Gasteiger partial charge >= 0.3 is 11.9 Å². The number of allylic oxidation sites excluding steroid dienone is 2. The maximum Gasteiger partial charge on any atom is 0.306 e. The normalized spacial score (nSPS) is 30.1. The van der Waals surface area contributed by atoms with Crippen LogP contribution in [0.4, 0.5) is 0 Å². The minimum absolute atomic E-state index is 0.118. The molecule has 0 radical (unpaired) electrons. The van der Waals surface area contributed by atoms with Gasteiger partial charge in [-0.25, -0.2) is 0 Å². The van der Waals surface area contributed by atoms with Crippen molar-refractivity contribution in [3.63, 3.8) is 0 Å². The maximum absolute atomic E-state index is 12.0. The largest absolute Gasteiger partial charge is 0.462 e. The summed E-state index contributed by atoms with van der Waals surface area (Å²) in [6, 6.07) is 0. The Morgan fingerprint density at radius 2 is 1.91 bits per heavy atom. The second-order valence-corrected chi connectivity index (χ2v) is 9.67. The topological polar surface area (TPSA) is 123 Å². The number of hydrogen-bond acceptors (Lipinski definition) is 8. The Morgan fingerprint density at radius 1 is 1.11 bits per heavy atom. The summed E-state index contributed by atoms with van der Waals surface area (Å²) in [5.41, 5.74) is 0. The number of unbranched alkanes of at least 4 members (excludes halogenated alkanes) is 3. The Bertz CT molecular complexity index is 691. The van der Waals surface area contributed by atoms with Gasteiger partial charge in [-0.15, -0.1) is 0 Å². The van der Waals surface area contributed by atoms with Crippen LogP contribution in [0, 0.1) is 11.8 Å². The molecule has 8 heteroatoms. The molecular formula is C27H44O8. The molecule has 200 valence electrons. The summed E-state index contributed by atoms with van der Waals surface area (Å²) in [5, 5.41) is 30.6. The van der Waals surface area contributed by atoms with E-state index in [2.05, 4.69) is 6.92 Å². The molecule has 2 rings (SSSR count). The average molecular weight is 497 g/mol. The van der Waals surface area contributed by atoms with Crippen molar-refractivity contribution in [3.05, 3.63) is 24.3 Å². The minimum Gasteiger partial charge on any atom is -0.462 e. The van der Waals surface area contributed by atoms with Gasteiger partial charge in [-0.2, -0.15) is 0 Å². The van der Waals surface area contributed by atoms with Gasteiger partial charge in [0.05, 0.1) is 18.8 Å². The van der Waals surface area contributed by atoms with Crippen molar-refractivity contribution < 1.29 is 39.1 Å². The van der Waals surface area contributed by atoms with Gasteiger partial charge in [0.2, 0.25) is 0 Å². The van der Waals surface area contributed by atoms with Crippen molar-refractivity contribution in [2.75, 3.05) is 6.61 Å². The highest BCUT2D eigenvalue weighted by Crippen LogP contribution is 2.38. The SMILES string of the molecule is CCCCC[C@H](O)/C=C/[C@@H]1[C@@H](C/C=C\CCCC(=O)O[C@@H]2CCCOC2O)[C@@H](O)C[C@H]1OC(C)=O. The molecule has 0 aromatic carbocycles. The zero-order chi connectivity index (χ0) is 25.6. The van der Waals surface area contributed by atoms with Crippen LogP contribution < -0.4 is 0 Å². The van der Waals surface area contributed by atoms with Gasteiger partial charge in [0, 0.05) is 25.7 Å². The summed E-state index contributed by atoms with van der Waals surface area (Å²) in [7, 11) is 0. The van der Waals surface area contributed by atoms with Crippen molar-refractivity contribution in [2.45, 2.75) is 115 Å². The summed E-state index contributed by atoms with van der Waals surface area (Å²) < 4.78 is 15.9. The van der Waals surface area contributed by atoms with Crippen LogP contribution in [0.1, 0.15) is 84.5 Å². The lowest BCUT2D eigenvalue weighted by Gasteiger charge is -2.27. The van der Waals surface area contributed by atoms with E-state index < -0.39 is 30.7 Å². The second kappa shape index (κ2) is 16.1. The van der Waals surface area contributed by atoms with E-state index >= 15 is 0 Å². The molecule has 1 saturated heterocycles. The zero-order valence-corrected chi connectivity index (χ0v) is 21.2. The van der Waals surface area contributed by atoms with Crippen LogP contribution >= 0.6 is 0 Å². The highest BCUT2D eigenvalue weighted by Gasteiger charge is 2.42. The molecule has 0 aromatic rings. The van der Waals surface area contributed by atoms with Crippen molar-refractivity contribution in [1.29, 1.82) is 0 Å². The van der Waals surface area contributed by atoms with Gasteiger partial charge in [-0.3, -0.25) is 9.59 Å². The summed E-state index contributed by atoms with van der Waals surface area (Å²) in [6.45, 7) is 3.97. The third kappa shape index (κ3) is 10.8. The first-order valence-corrected chi connectivity index (χ1v) is 13.2. The van der Waals surface area contributed by atoms with Crippen molar-refractivity contribution in [1.82, 2.24) is 0 Å². The number of ether oxygens (including phenoxy) is 3. The predicted molar refractivity (Wildman–Crippen MR) is 131 cm³/mol. The molecule has 1 heterocycles. The molecule has 0 spiro atoms. The average Bonchev–Trinajstić information content (AvgIpc) is 3.09. The van der Waals surface area contributed by atoms with E-state index in [9.17, 15) is 24.9 Å². The zero-order valence-electron chi connectivity index (χ0n) is 21.2. The maximum atomic E-state index is 12.0. The quantitative estimate of drug-likeness (QED) is 0.190. The van der Waals surface area contributed by atoms with E-state index in [1.807, 2.05) is 18.2 Å². The molecule has 3 N–H and O–H groups in total. The monoisotopic (exact) mass is 496 g/mol. The lowest BCUT2D eigenvalue weighted by Crippen LogP contribution is -2.37. The number of hydrogen-bond donors (Lipinski definition) is 3. The van der Waals surface area contributed by atoms with E-state index in [1.54, 1.807) is 6.08 Å². The number of aliphatic hydroxyl groups is 3. The van der Waals surface area contributed by atoms with Crippen molar-refractivity contribution in [2.24, 2.45) is 11.8 Å². The molecule has 1 saturated carbocycles. The lowest BCUT2D eigenvalue weighted by molar-refractivity contribution is -0.206. The number of aliphatic hydroxyl groups excluding tert-OH is 3. The Hall–Kier alpha value is -1.74. The Morgan fingerprint density at radius 3 is 2.63 bits per heavy atom. The molecule has 2 aliphatic rings. The van der Waals surface area contributed by atoms with Gasteiger partial charge in [0.15, 0.2) is 12.4 Å². The highest BCUT2D eigenvalue weighted by molar-refractivity contribution is 5.69. The fourth-order valence-corrected chi connectivity index (χ4v) is 4.80. The fourth-order valence-electron chi connectivity index (χ4n) is 4.80. The first kappa shape index (κ1) is 29.5. The number of carbonyl (C=O) groups is 2. The lowest BCUT2D eigenvalue weighted by atomic mass is 9.89. The molecule has 0 aromatic heterocycles. The number of carbonyl (C=O) groups excluding carboxylic acids is 2. The van der Waals surface area contributed by atoms with Crippen LogP contribution in [0.2, 0.25) is 0 Å². The van der Waals surface area contributed by atoms with Crippen LogP contribution in [-0.2, 0) is 23.8 Å². The molecule has 0 amide bonds. The summed E-state index contributed by atoms with van der Waals surface area (Å²) in [5.74, 6) is -1.00. The van der Waals surface area contributed by atoms with Gasteiger partial charge in [0.1, 0.15) is 6.10 Å². The Kier molecular flexibility index (Phi) is 13.6. The van der Waals surface area contributed by atoms with E-state index in [0.717, 1.165) is 25.7 Å². The van der Waals surface area contributed by atoms with Gasteiger partial charge in [-0.05, 0) is 44.4 Å². The summed E-state index contributed by atoms with van der Waals surface area (Å²) >= 11 is 0. The van der Waals surface area contributed by atoms with Crippen LogP contribution in [0.3, 0.4) is 0 Å². The summed E-state index contributed by atoms with van der Waals surface area (Å²) in [4.78, 5) is 23.6.